The SMILES string of the molecule is COc1cc(CC(=O)C(C)C)ccc1C. The second-order valence-electron chi connectivity index (χ2n) is 4.10. The molecule has 1 aromatic carbocycles. The number of rotatable bonds is 4. The Labute approximate surface area is 91.3 Å². The zero-order valence-corrected chi connectivity index (χ0v) is 9.83. The number of carbonyl (C=O) groups is 1. The third-order valence-corrected chi connectivity index (χ3v) is 2.49. The smallest absolute Gasteiger partial charge is 0.139 e. The molecule has 0 saturated heterocycles. The minimum absolute atomic E-state index is 0.0947. The van der Waals surface area contributed by atoms with Crippen LogP contribution in [-0.4, -0.2) is 12.9 Å². The number of Topliss-reactive ketones (excluding diaryl/α,β-unsaturated/α-hetero) is 1. The first-order chi connectivity index (χ1) is 7.04. The second-order valence-corrected chi connectivity index (χ2v) is 4.10. The highest BCUT2D eigenvalue weighted by Crippen LogP contribution is 2.19. The summed E-state index contributed by atoms with van der Waals surface area (Å²) in [5.74, 6) is 1.21. The van der Waals surface area contributed by atoms with Crippen LogP contribution in [0.4, 0.5) is 0 Å². The highest BCUT2D eigenvalue weighted by molar-refractivity contribution is 5.82. The van der Waals surface area contributed by atoms with Crippen molar-refractivity contribution in [1.29, 1.82) is 0 Å². The van der Waals surface area contributed by atoms with Crippen molar-refractivity contribution in [2.45, 2.75) is 27.2 Å². The van der Waals surface area contributed by atoms with Crippen molar-refractivity contribution in [2.75, 3.05) is 7.11 Å². The zero-order valence-electron chi connectivity index (χ0n) is 9.83. The van der Waals surface area contributed by atoms with Gasteiger partial charge in [0.05, 0.1) is 7.11 Å². The number of ketones is 1. The molecule has 0 aliphatic carbocycles. The summed E-state index contributed by atoms with van der Waals surface area (Å²) in [5.41, 5.74) is 2.12. The first-order valence-electron chi connectivity index (χ1n) is 5.21. The Morgan fingerprint density at radius 1 is 1.40 bits per heavy atom. The van der Waals surface area contributed by atoms with Crippen LogP contribution < -0.4 is 4.74 Å². The molecule has 15 heavy (non-hydrogen) atoms. The van der Waals surface area contributed by atoms with Gasteiger partial charge in [0.15, 0.2) is 0 Å². The van der Waals surface area contributed by atoms with Gasteiger partial charge in [-0.05, 0) is 24.1 Å². The maximum atomic E-state index is 11.6. The van der Waals surface area contributed by atoms with Crippen molar-refractivity contribution in [3.63, 3.8) is 0 Å². The number of hydrogen-bond acceptors (Lipinski definition) is 2. The fourth-order valence-corrected chi connectivity index (χ4v) is 1.38. The van der Waals surface area contributed by atoms with Crippen molar-refractivity contribution >= 4 is 5.78 Å². The molecule has 82 valence electrons. The number of benzene rings is 1. The Balaban J connectivity index is 2.83. The van der Waals surface area contributed by atoms with E-state index in [2.05, 4.69) is 0 Å². The van der Waals surface area contributed by atoms with E-state index in [1.54, 1.807) is 7.11 Å². The summed E-state index contributed by atoms with van der Waals surface area (Å²) < 4.78 is 5.22. The zero-order chi connectivity index (χ0) is 11.4. The molecule has 0 fully saturated rings. The van der Waals surface area contributed by atoms with Gasteiger partial charge in [0.2, 0.25) is 0 Å². The summed E-state index contributed by atoms with van der Waals surface area (Å²) >= 11 is 0. The summed E-state index contributed by atoms with van der Waals surface area (Å²) in [6, 6.07) is 5.91. The number of methoxy groups -OCH3 is 1. The van der Waals surface area contributed by atoms with Crippen LogP contribution in [0.5, 0.6) is 5.75 Å². The molecule has 0 radical (unpaired) electrons. The molecular formula is C13H18O2. The van der Waals surface area contributed by atoms with E-state index >= 15 is 0 Å². The van der Waals surface area contributed by atoms with Crippen LogP contribution in [0.3, 0.4) is 0 Å². The van der Waals surface area contributed by atoms with Crippen molar-refractivity contribution in [3.05, 3.63) is 29.3 Å². The largest absolute Gasteiger partial charge is 0.496 e. The first kappa shape index (κ1) is 11.8. The van der Waals surface area contributed by atoms with E-state index < -0.39 is 0 Å². The molecule has 0 bridgehead atoms. The van der Waals surface area contributed by atoms with Crippen LogP contribution in [0.2, 0.25) is 0 Å². The molecular weight excluding hydrogens is 188 g/mol. The van der Waals surface area contributed by atoms with E-state index in [0.717, 1.165) is 16.9 Å². The van der Waals surface area contributed by atoms with Gasteiger partial charge >= 0.3 is 0 Å². The van der Waals surface area contributed by atoms with Gasteiger partial charge in [-0.15, -0.1) is 0 Å². The van der Waals surface area contributed by atoms with E-state index in [-0.39, 0.29) is 11.7 Å². The van der Waals surface area contributed by atoms with Gasteiger partial charge in [-0.2, -0.15) is 0 Å². The lowest BCUT2D eigenvalue weighted by atomic mass is 10.00. The van der Waals surface area contributed by atoms with Gasteiger partial charge in [-0.1, -0.05) is 26.0 Å². The second kappa shape index (κ2) is 4.96. The van der Waals surface area contributed by atoms with Gasteiger partial charge in [0.1, 0.15) is 11.5 Å². The van der Waals surface area contributed by atoms with E-state index in [4.69, 9.17) is 4.74 Å². The van der Waals surface area contributed by atoms with Crippen LogP contribution >= 0.6 is 0 Å². The summed E-state index contributed by atoms with van der Waals surface area (Å²) in [6.45, 7) is 5.84. The third kappa shape index (κ3) is 3.08. The maximum Gasteiger partial charge on any atom is 0.139 e. The molecule has 0 amide bonds. The van der Waals surface area contributed by atoms with E-state index in [0.29, 0.717) is 6.42 Å². The normalized spacial score (nSPS) is 10.5. The Kier molecular flexibility index (Phi) is 3.89. The highest BCUT2D eigenvalue weighted by Gasteiger charge is 2.09. The predicted molar refractivity (Wildman–Crippen MR) is 61.3 cm³/mol. The minimum Gasteiger partial charge on any atom is -0.496 e. The Morgan fingerprint density at radius 2 is 2.07 bits per heavy atom. The standard InChI is InChI=1S/C13H18O2/c1-9(2)12(14)7-11-6-5-10(3)13(8-11)15-4/h5-6,8-9H,7H2,1-4H3. The van der Waals surface area contributed by atoms with Crippen molar-refractivity contribution in [2.24, 2.45) is 5.92 Å². The Hall–Kier alpha value is -1.31. The number of aryl methyl sites for hydroxylation is 1. The molecule has 0 spiro atoms. The number of hydrogen-bond donors (Lipinski definition) is 0. The molecule has 0 heterocycles. The lowest BCUT2D eigenvalue weighted by molar-refractivity contribution is -0.121. The van der Waals surface area contributed by atoms with Crippen LogP contribution in [0.25, 0.3) is 0 Å². The molecule has 0 aromatic heterocycles. The summed E-state index contributed by atoms with van der Waals surface area (Å²) in [5, 5.41) is 0. The van der Waals surface area contributed by atoms with Gasteiger partial charge < -0.3 is 4.74 Å². The fraction of sp³-hybridized carbons (Fsp3) is 0.462. The van der Waals surface area contributed by atoms with Crippen LogP contribution in [0.1, 0.15) is 25.0 Å². The molecule has 2 heteroatoms. The molecule has 0 saturated carbocycles. The molecule has 0 unspecified atom stereocenters. The molecule has 0 atom stereocenters. The molecule has 1 aromatic rings. The van der Waals surface area contributed by atoms with Gasteiger partial charge in [-0.25, -0.2) is 0 Å². The van der Waals surface area contributed by atoms with E-state index in [9.17, 15) is 4.79 Å². The third-order valence-electron chi connectivity index (χ3n) is 2.49. The molecule has 0 N–H and O–H groups in total. The Bertz CT molecular complexity index is 354. The van der Waals surface area contributed by atoms with E-state index in [1.165, 1.54) is 0 Å². The molecule has 1 rings (SSSR count). The minimum atomic E-state index is 0.0947. The quantitative estimate of drug-likeness (QED) is 0.757. The maximum absolute atomic E-state index is 11.6. The van der Waals surface area contributed by atoms with E-state index in [1.807, 2.05) is 39.0 Å². The monoisotopic (exact) mass is 206 g/mol. The topological polar surface area (TPSA) is 26.3 Å². The van der Waals surface area contributed by atoms with Crippen molar-refractivity contribution < 1.29 is 9.53 Å². The summed E-state index contributed by atoms with van der Waals surface area (Å²) in [6.07, 6.45) is 0.494. The molecule has 0 aliphatic rings. The van der Waals surface area contributed by atoms with Crippen molar-refractivity contribution in [3.8, 4) is 5.75 Å². The number of carbonyl (C=O) groups excluding carboxylic acids is 1. The average molecular weight is 206 g/mol. The van der Waals surface area contributed by atoms with Gasteiger partial charge in [-0.3, -0.25) is 4.79 Å². The molecule has 0 aliphatic heterocycles. The van der Waals surface area contributed by atoms with Gasteiger partial charge in [0.25, 0.3) is 0 Å². The lowest BCUT2D eigenvalue weighted by Crippen LogP contribution is -2.10. The van der Waals surface area contributed by atoms with Crippen molar-refractivity contribution in [1.82, 2.24) is 0 Å². The van der Waals surface area contributed by atoms with Crippen LogP contribution in [0.15, 0.2) is 18.2 Å². The predicted octanol–water partition coefficient (Wildman–Crippen LogP) is 2.77. The summed E-state index contributed by atoms with van der Waals surface area (Å²) in [7, 11) is 1.65. The van der Waals surface area contributed by atoms with Gasteiger partial charge in [0, 0.05) is 12.3 Å². The fourth-order valence-electron chi connectivity index (χ4n) is 1.38. The van der Waals surface area contributed by atoms with Crippen LogP contribution in [-0.2, 0) is 11.2 Å². The highest BCUT2D eigenvalue weighted by atomic mass is 16.5. The first-order valence-corrected chi connectivity index (χ1v) is 5.21. The number of ether oxygens (including phenoxy) is 1. The van der Waals surface area contributed by atoms with Crippen LogP contribution in [0, 0.1) is 12.8 Å². The summed E-state index contributed by atoms with van der Waals surface area (Å²) in [4.78, 5) is 11.6. The Morgan fingerprint density at radius 3 is 2.60 bits per heavy atom. The lowest BCUT2D eigenvalue weighted by Gasteiger charge is -2.08. The molecule has 2 nitrogen and oxygen atoms in total. The average Bonchev–Trinajstić information content (AvgIpc) is 2.20.